The normalized spacial score (nSPS) is 20.7. The van der Waals surface area contributed by atoms with Gasteiger partial charge in [-0.25, -0.2) is 0 Å². The first kappa shape index (κ1) is 20.1. The fourth-order valence-electron chi connectivity index (χ4n) is 4.82. The number of aromatic nitrogens is 4. The highest BCUT2D eigenvalue weighted by Gasteiger charge is 2.34. The van der Waals surface area contributed by atoms with Gasteiger partial charge in [-0.2, -0.15) is 4.52 Å². The second-order valence-corrected chi connectivity index (χ2v) is 8.84. The van der Waals surface area contributed by atoms with Gasteiger partial charge < -0.3 is 15.1 Å². The number of anilines is 1. The SMILES string of the molecule is CN(C)C1(CNC(=O)C2CCN(c3ccc4nncn4n3)CC2)CCCCCC1. The maximum Gasteiger partial charge on any atom is 0.223 e. The van der Waals surface area contributed by atoms with Crippen molar-refractivity contribution < 1.29 is 4.79 Å². The Balaban J connectivity index is 1.31. The second kappa shape index (κ2) is 8.65. The minimum absolute atomic E-state index is 0.0925. The molecule has 3 heterocycles. The Kier molecular flexibility index (Phi) is 5.99. The monoisotopic (exact) mass is 399 g/mol. The summed E-state index contributed by atoms with van der Waals surface area (Å²) in [5.74, 6) is 1.23. The molecule has 1 aliphatic heterocycles. The zero-order valence-corrected chi connectivity index (χ0v) is 17.7. The molecule has 8 heteroatoms. The Morgan fingerprint density at radius 2 is 1.90 bits per heavy atom. The summed E-state index contributed by atoms with van der Waals surface area (Å²) < 4.78 is 1.70. The summed E-state index contributed by atoms with van der Waals surface area (Å²) in [5, 5.41) is 15.8. The summed E-state index contributed by atoms with van der Waals surface area (Å²) in [4.78, 5) is 17.5. The predicted molar refractivity (Wildman–Crippen MR) is 113 cm³/mol. The first-order valence-corrected chi connectivity index (χ1v) is 10.9. The van der Waals surface area contributed by atoms with E-state index in [1.165, 1.54) is 38.5 Å². The highest BCUT2D eigenvalue weighted by Crippen LogP contribution is 2.31. The van der Waals surface area contributed by atoms with Crippen LogP contribution in [-0.4, -0.2) is 69.9 Å². The van der Waals surface area contributed by atoms with E-state index in [1.54, 1.807) is 10.8 Å². The van der Waals surface area contributed by atoms with E-state index in [2.05, 4.69) is 44.5 Å². The molecule has 0 bridgehead atoms. The Hall–Kier alpha value is -2.22. The molecule has 2 fully saturated rings. The van der Waals surface area contributed by atoms with Crippen LogP contribution in [0.4, 0.5) is 5.82 Å². The number of piperidine rings is 1. The Labute approximate surface area is 172 Å². The number of fused-ring (bicyclic) bond motifs is 1. The molecule has 29 heavy (non-hydrogen) atoms. The van der Waals surface area contributed by atoms with Crippen LogP contribution in [-0.2, 0) is 4.79 Å². The largest absolute Gasteiger partial charge is 0.355 e. The Morgan fingerprint density at radius 1 is 1.17 bits per heavy atom. The number of carbonyl (C=O) groups excluding carboxylic acids is 1. The molecule has 2 aliphatic rings. The molecule has 8 nitrogen and oxygen atoms in total. The Morgan fingerprint density at radius 3 is 2.59 bits per heavy atom. The van der Waals surface area contributed by atoms with Gasteiger partial charge in [0, 0.05) is 31.1 Å². The maximum atomic E-state index is 12.9. The predicted octanol–water partition coefficient (Wildman–Crippen LogP) is 2.11. The van der Waals surface area contributed by atoms with Gasteiger partial charge in [-0.15, -0.1) is 15.3 Å². The first-order chi connectivity index (χ1) is 14.1. The number of nitrogens with one attached hydrogen (secondary N) is 1. The van der Waals surface area contributed by atoms with Gasteiger partial charge in [0.05, 0.1) is 0 Å². The van der Waals surface area contributed by atoms with Crippen LogP contribution >= 0.6 is 0 Å². The summed E-state index contributed by atoms with van der Waals surface area (Å²) in [5.41, 5.74) is 0.863. The molecule has 0 aromatic carbocycles. The van der Waals surface area contributed by atoms with Crippen molar-refractivity contribution in [1.29, 1.82) is 0 Å². The molecule has 1 aliphatic carbocycles. The third-order valence-corrected chi connectivity index (χ3v) is 6.91. The molecule has 0 atom stereocenters. The lowest BCUT2D eigenvalue weighted by Crippen LogP contribution is -2.53. The minimum Gasteiger partial charge on any atom is -0.355 e. The molecule has 1 saturated carbocycles. The lowest BCUT2D eigenvalue weighted by Gasteiger charge is -2.40. The van der Waals surface area contributed by atoms with Gasteiger partial charge in [0.15, 0.2) is 5.65 Å². The van der Waals surface area contributed by atoms with Gasteiger partial charge in [-0.05, 0) is 51.9 Å². The number of likely N-dealkylation sites (N-methyl/N-ethyl adjacent to an activating group) is 1. The van der Waals surface area contributed by atoms with Crippen molar-refractivity contribution in [3.05, 3.63) is 18.5 Å². The molecule has 2 aromatic heterocycles. The van der Waals surface area contributed by atoms with Crippen LogP contribution in [0.15, 0.2) is 18.5 Å². The molecule has 0 unspecified atom stereocenters. The molecular formula is C21H33N7O. The van der Waals surface area contributed by atoms with E-state index in [4.69, 9.17) is 0 Å². The van der Waals surface area contributed by atoms with Gasteiger partial charge in [0.1, 0.15) is 12.1 Å². The van der Waals surface area contributed by atoms with Crippen LogP contribution in [0, 0.1) is 5.92 Å². The summed E-state index contributed by atoms with van der Waals surface area (Å²) in [6.07, 6.45) is 10.9. The molecule has 4 rings (SSSR count). The summed E-state index contributed by atoms with van der Waals surface area (Å²) in [6.45, 7) is 2.46. The van der Waals surface area contributed by atoms with Gasteiger partial charge in [-0.1, -0.05) is 25.7 Å². The quantitative estimate of drug-likeness (QED) is 0.776. The number of nitrogens with zero attached hydrogens (tertiary/aromatic N) is 6. The lowest BCUT2D eigenvalue weighted by atomic mass is 9.88. The number of rotatable bonds is 5. The summed E-state index contributed by atoms with van der Waals surface area (Å²) in [6, 6.07) is 3.92. The molecule has 1 amide bonds. The second-order valence-electron chi connectivity index (χ2n) is 8.84. The van der Waals surface area contributed by atoms with E-state index in [0.717, 1.165) is 43.9 Å². The highest BCUT2D eigenvalue weighted by molar-refractivity contribution is 5.79. The molecule has 158 valence electrons. The molecule has 0 radical (unpaired) electrons. The van der Waals surface area contributed by atoms with Crippen LogP contribution in [0.3, 0.4) is 0 Å². The zero-order chi connectivity index (χ0) is 20.3. The van der Waals surface area contributed by atoms with E-state index in [-0.39, 0.29) is 17.4 Å². The molecule has 2 aromatic rings. The average Bonchev–Trinajstić information content (AvgIpc) is 3.07. The maximum absolute atomic E-state index is 12.9. The van der Waals surface area contributed by atoms with Crippen LogP contribution in [0.1, 0.15) is 51.4 Å². The topological polar surface area (TPSA) is 78.7 Å². The highest BCUT2D eigenvalue weighted by atomic mass is 16.1. The van der Waals surface area contributed by atoms with Gasteiger partial charge in [0.2, 0.25) is 5.91 Å². The molecule has 1 N–H and O–H groups in total. The first-order valence-electron chi connectivity index (χ1n) is 10.9. The smallest absolute Gasteiger partial charge is 0.223 e. The average molecular weight is 400 g/mol. The van der Waals surface area contributed by atoms with Crippen LogP contribution in [0.25, 0.3) is 5.65 Å². The number of carbonyl (C=O) groups is 1. The molecule has 0 spiro atoms. The summed E-state index contributed by atoms with van der Waals surface area (Å²) in [7, 11) is 4.32. The van der Waals surface area contributed by atoms with Crippen molar-refractivity contribution in [2.24, 2.45) is 5.92 Å². The van der Waals surface area contributed by atoms with Crippen molar-refractivity contribution in [3.63, 3.8) is 0 Å². The lowest BCUT2D eigenvalue weighted by molar-refractivity contribution is -0.126. The van der Waals surface area contributed by atoms with Crippen LogP contribution in [0.5, 0.6) is 0 Å². The third-order valence-electron chi connectivity index (χ3n) is 6.91. The van der Waals surface area contributed by atoms with Gasteiger partial charge in [-0.3, -0.25) is 4.79 Å². The van der Waals surface area contributed by atoms with Crippen LogP contribution < -0.4 is 10.2 Å². The fraction of sp³-hybridized carbons (Fsp3) is 0.714. The number of hydrogen-bond acceptors (Lipinski definition) is 6. The van der Waals surface area contributed by atoms with Crippen molar-refractivity contribution in [2.45, 2.75) is 56.9 Å². The summed E-state index contributed by atoms with van der Waals surface area (Å²) >= 11 is 0. The van der Waals surface area contributed by atoms with Crippen molar-refractivity contribution in [2.75, 3.05) is 38.6 Å². The van der Waals surface area contributed by atoms with Gasteiger partial charge >= 0.3 is 0 Å². The van der Waals surface area contributed by atoms with Crippen LogP contribution in [0.2, 0.25) is 0 Å². The Bertz CT molecular complexity index is 817. The van der Waals surface area contributed by atoms with Crippen molar-refractivity contribution >= 4 is 17.4 Å². The fourth-order valence-corrected chi connectivity index (χ4v) is 4.82. The van der Waals surface area contributed by atoms with E-state index < -0.39 is 0 Å². The van der Waals surface area contributed by atoms with E-state index in [9.17, 15) is 4.79 Å². The minimum atomic E-state index is 0.0925. The zero-order valence-electron chi connectivity index (χ0n) is 17.7. The standard InChI is InChI=1S/C21H33N7O/c1-26(2)21(11-5-3-4-6-12-21)15-22-20(29)17-9-13-27(14-10-17)19-8-7-18-24-23-16-28(18)25-19/h7-8,16-17H,3-6,9-15H2,1-2H3,(H,22,29). The molecular weight excluding hydrogens is 366 g/mol. The molecule has 1 saturated heterocycles. The van der Waals surface area contributed by atoms with Crippen molar-refractivity contribution in [1.82, 2.24) is 30.0 Å². The van der Waals surface area contributed by atoms with Gasteiger partial charge in [0.25, 0.3) is 0 Å². The third kappa shape index (κ3) is 4.37. The van der Waals surface area contributed by atoms with E-state index >= 15 is 0 Å². The van der Waals surface area contributed by atoms with E-state index in [1.807, 2.05) is 12.1 Å². The number of hydrogen-bond donors (Lipinski definition) is 1. The van der Waals surface area contributed by atoms with E-state index in [0.29, 0.717) is 0 Å². The number of amides is 1. The van der Waals surface area contributed by atoms with Crippen molar-refractivity contribution in [3.8, 4) is 0 Å².